The molecule has 0 spiro atoms. The van der Waals surface area contributed by atoms with Gasteiger partial charge in [0.25, 0.3) is 5.91 Å². The normalized spacial score (nSPS) is 13.2. The van der Waals surface area contributed by atoms with Crippen LogP contribution in [0, 0.1) is 0 Å². The predicted octanol–water partition coefficient (Wildman–Crippen LogP) is 3.78. The van der Waals surface area contributed by atoms with Crippen LogP contribution in [-0.4, -0.2) is 30.9 Å². The SMILES string of the molecule is CCc1ccccc1NC(=O)CN1CCCc2c(C(=O)NC(C)C)cccc21. The van der Waals surface area contributed by atoms with Crippen molar-refractivity contribution in [2.24, 2.45) is 0 Å². The van der Waals surface area contributed by atoms with Crippen molar-refractivity contribution in [2.75, 3.05) is 23.3 Å². The number of hydrogen-bond acceptors (Lipinski definition) is 3. The number of anilines is 2. The maximum atomic E-state index is 12.7. The molecule has 148 valence electrons. The highest BCUT2D eigenvalue weighted by molar-refractivity contribution is 5.98. The van der Waals surface area contributed by atoms with Gasteiger partial charge >= 0.3 is 0 Å². The first-order valence-electron chi connectivity index (χ1n) is 10.0. The zero-order valence-electron chi connectivity index (χ0n) is 16.9. The van der Waals surface area contributed by atoms with Crippen molar-refractivity contribution in [3.8, 4) is 0 Å². The Labute approximate surface area is 167 Å². The second-order valence-electron chi connectivity index (χ2n) is 7.52. The molecule has 1 heterocycles. The average molecular weight is 380 g/mol. The number of para-hydroxylation sites is 1. The summed E-state index contributed by atoms with van der Waals surface area (Å²) in [7, 11) is 0. The van der Waals surface area contributed by atoms with Crippen LogP contribution in [0.3, 0.4) is 0 Å². The van der Waals surface area contributed by atoms with Crippen LogP contribution in [0.5, 0.6) is 0 Å². The van der Waals surface area contributed by atoms with Gasteiger partial charge in [0.05, 0.1) is 6.54 Å². The van der Waals surface area contributed by atoms with Gasteiger partial charge in [-0.15, -0.1) is 0 Å². The Morgan fingerprint density at radius 1 is 1.11 bits per heavy atom. The van der Waals surface area contributed by atoms with Gasteiger partial charge in [0.2, 0.25) is 5.91 Å². The molecule has 1 aliphatic rings. The number of carbonyl (C=O) groups is 2. The van der Waals surface area contributed by atoms with E-state index in [0.29, 0.717) is 5.56 Å². The third-order valence-electron chi connectivity index (χ3n) is 5.02. The Bertz CT molecular complexity index is 861. The summed E-state index contributed by atoms with van der Waals surface area (Å²) in [6.07, 6.45) is 2.66. The van der Waals surface area contributed by atoms with E-state index in [9.17, 15) is 9.59 Å². The van der Waals surface area contributed by atoms with Gasteiger partial charge in [0.1, 0.15) is 0 Å². The molecule has 2 amide bonds. The Morgan fingerprint density at radius 2 is 1.89 bits per heavy atom. The van der Waals surface area contributed by atoms with Crippen molar-refractivity contribution < 1.29 is 9.59 Å². The van der Waals surface area contributed by atoms with Crippen LogP contribution in [0.1, 0.15) is 48.7 Å². The van der Waals surface area contributed by atoms with Gasteiger partial charge in [-0.05, 0) is 62.4 Å². The van der Waals surface area contributed by atoms with Crippen LogP contribution in [-0.2, 0) is 17.6 Å². The van der Waals surface area contributed by atoms with Crippen LogP contribution >= 0.6 is 0 Å². The van der Waals surface area contributed by atoms with Crippen molar-refractivity contribution >= 4 is 23.2 Å². The fourth-order valence-electron chi connectivity index (χ4n) is 3.73. The second kappa shape index (κ2) is 8.91. The first-order valence-corrected chi connectivity index (χ1v) is 10.0. The summed E-state index contributed by atoms with van der Waals surface area (Å²) in [5.41, 5.74) is 4.74. The van der Waals surface area contributed by atoms with E-state index in [0.717, 1.165) is 48.3 Å². The Morgan fingerprint density at radius 3 is 2.64 bits per heavy atom. The largest absolute Gasteiger partial charge is 0.362 e. The van der Waals surface area contributed by atoms with Gasteiger partial charge in [-0.1, -0.05) is 31.2 Å². The molecular weight excluding hydrogens is 350 g/mol. The highest BCUT2D eigenvalue weighted by Gasteiger charge is 2.24. The fraction of sp³-hybridized carbons (Fsp3) is 0.391. The van der Waals surface area contributed by atoms with Gasteiger partial charge in [-0.2, -0.15) is 0 Å². The lowest BCUT2D eigenvalue weighted by Gasteiger charge is -2.32. The quantitative estimate of drug-likeness (QED) is 0.803. The van der Waals surface area contributed by atoms with Crippen LogP contribution < -0.4 is 15.5 Å². The van der Waals surface area contributed by atoms with Crippen LogP contribution in [0.25, 0.3) is 0 Å². The maximum Gasteiger partial charge on any atom is 0.251 e. The fourth-order valence-corrected chi connectivity index (χ4v) is 3.73. The van der Waals surface area contributed by atoms with E-state index in [1.54, 1.807) is 0 Å². The molecule has 0 unspecified atom stereocenters. The lowest BCUT2D eigenvalue weighted by molar-refractivity contribution is -0.115. The summed E-state index contributed by atoms with van der Waals surface area (Å²) < 4.78 is 0. The molecule has 0 aliphatic carbocycles. The number of amides is 2. The molecule has 2 aromatic rings. The lowest BCUT2D eigenvalue weighted by atomic mass is 9.95. The first-order chi connectivity index (χ1) is 13.5. The summed E-state index contributed by atoms with van der Waals surface area (Å²) in [6.45, 7) is 7.08. The molecule has 2 aromatic carbocycles. The number of aryl methyl sites for hydroxylation is 1. The lowest BCUT2D eigenvalue weighted by Crippen LogP contribution is -2.38. The van der Waals surface area contributed by atoms with Crippen molar-refractivity contribution in [3.63, 3.8) is 0 Å². The van der Waals surface area contributed by atoms with Gasteiger partial charge in [0, 0.05) is 29.5 Å². The minimum atomic E-state index is -0.0463. The standard InChI is InChI=1S/C23H29N3O2/c1-4-17-9-5-6-12-20(17)25-22(27)15-26-14-8-11-18-19(10-7-13-21(18)26)23(28)24-16(2)3/h5-7,9-10,12-13,16H,4,8,11,14-15H2,1-3H3,(H,24,28)(H,25,27). The maximum absolute atomic E-state index is 12.7. The van der Waals surface area contributed by atoms with E-state index >= 15 is 0 Å². The van der Waals surface area contributed by atoms with E-state index in [-0.39, 0.29) is 24.4 Å². The zero-order valence-corrected chi connectivity index (χ0v) is 16.9. The molecule has 0 bridgehead atoms. The third-order valence-corrected chi connectivity index (χ3v) is 5.02. The Hall–Kier alpha value is -2.82. The van der Waals surface area contributed by atoms with E-state index in [4.69, 9.17) is 0 Å². The minimum Gasteiger partial charge on any atom is -0.362 e. The summed E-state index contributed by atoms with van der Waals surface area (Å²) in [6, 6.07) is 13.8. The predicted molar refractivity (Wildman–Crippen MR) is 114 cm³/mol. The molecule has 0 radical (unpaired) electrons. The molecule has 1 aliphatic heterocycles. The molecule has 28 heavy (non-hydrogen) atoms. The van der Waals surface area contributed by atoms with E-state index < -0.39 is 0 Å². The number of rotatable bonds is 6. The van der Waals surface area contributed by atoms with Crippen molar-refractivity contribution in [3.05, 3.63) is 59.2 Å². The molecule has 0 fully saturated rings. The number of benzene rings is 2. The molecule has 0 atom stereocenters. The van der Waals surface area contributed by atoms with Crippen molar-refractivity contribution in [2.45, 2.75) is 46.1 Å². The summed E-state index contributed by atoms with van der Waals surface area (Å²) in [4.78, 5) is 27.3. The summed E-state index contributed by atoms with van der Waals surface area (Å²) in [5, 5.41) is 6.02. The highest BCUT2D eigenvalue weighted by atomic mass is 16.2. The number of hydrogen-bond donors (Lipinski definition) is 2. The van der Waals surface area contributed by atoms with Crippen LogP contribution in [0.2, 0.25) is 0 Å². The summed E-state index contributed by atoms with van der Waals surface area (Å²) in [5.74, 6) is -0.0826. The van der Waals surface area contributed by atoms with Gasteiger partial charge in [-0.3, -0.25) is 9.59 Å². The monoisotopic (exact) mass is 379 g/mol. The smallest absolute Gasteiger partial charge is 0.251 e. The van der Waals surface area contributed by atoms with Crippen LogP contribution in [0.4, 0.5) is 11.4 Å². The van der Waals surface area contributed by atoms with Crippen LogP contribution in [0.15, 0.2) is 42.5 Å². The minimum absolute atomic E-state index is 0.0363. The van der Waals surface area contributed by atoms with Crippen molar-refractivity contribution in [1.29, 1.82) is 0 Å². The van der Waals surface area contributed by atoms with Gasteiger partial charge < -0.3 is 15.5 Å². The molecule has 5 nitrogen and oxygen atoms in total. The van der Waals surface area contributed by atoms with E-state index in [2.05, 4.69) is 22.5 Å². The first kappa shape index (κ1) is 19.9. The van der Waals surface area contributed by atoms with Gasteiger partial charge in [0.15, 0.2) is 0 Å². The van der Waals surface area contributed by atoms with Crippen molar-refractivity contribution in [1.82, 2.24) is 5.32 Å². The topological polar surface area (TPSA) is 61.4 Å². The summed E-state index contributed by atoms with van der Waals surface area (Å²) >= 11 is 0. The highest BCUT2D eigenvalue weighted by Crippen LogP contribution is 2.30. The zero-order chi connectivity index (χ0) is 20.1. The average Bonchev–Trinajstić information content (AvgIpc) is 2.67. The molecule has 0 aromatic heterocycles. The third kappa shape index (κ3) is 4.53. The number of carbonyl (C=O) groups excluding carboxylic acids is 2. The molecule has 2 N–H and O–H groups in total. The Kier molecular flexibility index (Phi) is 6.34. The molecule has 5 heteroatoms. The Balaban J connectivity index is 1.77. The second-order valence-corrected chi connectivity index (χ2v) is 7.52. The molecular formula is C23H29N3O2. The number of fused-ring (bicyclic) bond motifs is 1. The number of nitrogens with one attached hydrogen (secondary N) is 2. The molecule has 3 rings (SSSR count). The van der Waals surface area contributed by atoms with E-state index in [1.807, 2.05) is 56.3 Å². The van der Waals surface area contributed by atoms with E-state index in [1.165, 1.54) is 0 Å². The van der Waals surface area contributed by atoms with Gasteiger partial charge in [-0.25, -0.2) is 0 Å². The number of nitrogens with zero attached hydrogens (tertiary/aromatic N) is 1. The molecule has 0 saturated carbocycles. The molecule has 0 saturated heterocycles.